The molecule has 0 spiro atoms. The van der Waals surface area contributed by atoms with E-state index < -0.39 is 0 Å². The Bertz CT molecular complexity index is 479. The molecule has 0 N–H and O–H groups in total. The summed E-state index contributed by atoms with van der Waals surface area (Å²) in [5, 5.41) is 8.91. The second-order valence-corrected chi connectivity index (χ2v) is 5.23. The largest absolute Gasteiger partial charge is 0.381 e. The first-order valence-corrected chi connectivity index (χ1v) is 6.96. The summed E-state index contributed by atoms with van der Waals surface area (Å²) in [6.45, 7) is 2.77. The van der Waals surface area contributed by atoms with Gasteiger partial charge in [0, 0.05) is 31.3 Å². The molecule has 5 nitrogen and oxygen atoms in total. The maximum absolute atomic E-state index is 8.91. The maximum Gasteiger partial charge on any atom is 0.234 e. The minimum Gasteiger partial charge on any atom is -0.381 e. The van der Waals surface area contributed by atoms with E-state index in [0.717, 1.165) is 32.0 Å². The van der Waals surface area contributed by atoms with Crippen molar-refractivity contribution in [1.29, 1.82) is 5.26 Å². The van der Waals surface area contributed by atoms with Gasteiger partial charge in [0.25, 0.3) is 0 Å². The molecule has 3 heterocycles. The van der Waals surface area contributed by atoms with Crippen molar-refractivity contribution in [3.05, 3.63) is 18.1 Å². The topological polar surface area (TPSA) is 62.0 Å². The predicted molar refractivity (Wildman–Crippen MR) is 70.7 cm³/mol. The molecule has 0 aromatic carbocycles. The van der Waals surface area contributed by atoms with Crippen molar-refractivity contribution in [2.24, 2.45) is 5.92 Å². The Morgan fingerprint density at radius 2 is 2.32 bits per heavy atom. The zero-order valence-electron chi connectivity index (χ0n) is 11.0. The molecule has 2 aliphatic heterocycles. The molecule has 2 unspecified atom stereocenters. The number of hydrogen-bond donors (Lipinski definition) is 0. The number of anilines is 1. The highest BCUT2D eigenvalue weighted by Gasteiger charge is 2.33. The molecule has 0 amide bonds. The third-order valence-corrected chi connectivity index (χ3v) is 4.07. The molecular weight excluding hydrogens is 240 g/mol. The standard InChI is InChI=1S/C14H18N4O/c15-9-13-16-6-5-14(17-13)18-7-1-4-12(18)11-3-2-8-19-10-11/h5-6,11-12H,1-4,7-8,10H2. The van der Waals surface area contributed by atoms with Gasteiger partial charge in [-0.2, -0.15) is 5.26 Å². The van der Waals surface area contributed by atoms with E-state index in [4.69, 9.17) is 10.00 Å². The molecule has 3 rings (SSSR count). The third kappa shape index (κ3) is 2.54. The zero-order valence-corrected chi connectivity index (χ0v) is 11.0. The number of nitrogens with zero attached hydrogens (tertiary/aromatic N) is 4. The summed E-state index contributed by atoms with van der Waals surface area (Å²) in [5.74, 6) is 1.74. The third-order valence-electron chi connectivity index (χ3n) is 4.07. The Balaban J connectivity index is 1.80. The number of rotatable bonds is 2. The Hall–Kier alpha value is -1.67. The lowest BCUT2D eigenvalue weighted by Gasteiger charge is -2.34. The van der Waals surface area contributed by atoms with Crippen LogP contribution in [0.4, 0.5) is 5.82 Å². The molecule has 100 valence electrons. The second kappa shape index (κ2) is 5.54. The zero-order chi connectivity index (χ0) is 13.1. The smallest absolute Gasteiger partial charge is 0.234 e. The molecule has 2 fully saturated rings. The SMILES string of the molecule is N#Cc1nccc(N2CCCC2C2CCCOC2)n1. The molecular formula is C14H18N4O. The Labute approximate surface area is 113 Å². The lowest BCUT2D eigenvalue weighted by molar-refractivity contribution is 0.0454. The lowest BCUT2D eigenvalue weighted by atomic mass is 9.92. The van der Waals surface area contributed by atoms with E-state index >= 15 is 0 Å². The summed E-state index contributed by atoms with van der Waals surface area (Å²) >= 11 is 0. The van der Waals surface area contributed by atoms with Gasteiger partial charge in [0.05, 0.1) is 6.61 Å². The molecule has 1 aromatic rings. The van der Waals surface area contributed by atoms with Crippen LogP contribution in [-0.4, -0.2) is 35.8 Å². The highest BCUT2D eigenvalue weighted by atomic mass is 16.5. The van der Waals surface area contributed by atoms with Crippen LogP contribution >= 0.6 is 0 Å². The Kier molecular flexibility index (Phi) is 3.60. The van der Waals surface area contributed by atoms with Crippen LogP contribution in [0.3, 0.4) is 0 Å². The molecule has 19 heavy (non-hydrogen) atoms. The van der Waals surface area contributed by atoms with Gasteiger partial charge in [-0.05, 0) is 31.7 Å². The molecule has 2 atom stereocenters. The van der Waals surface area contributed by atoms with Gasteiger partial charge in [0.1, 0.15) is 11.9 Å². The van der Waals surface area contributed by atoms with Crippen LogP contribution in [-0.2, 0) is 4.74 Å². The van der Waals surface area contributed by atoms with Gasteiger partial charge < -0.3 is 9.64 Å². The van der Waals surface area contributed by atoms with Gasteiger partial charge in [0.2, 0.25) is 5.82 Å². The molecule has 0 aliphatic carbocycles. The summed E-state index contributed by atoms with van der Waals surface area (Å²) in [4.78, 5) is 10.6. The van der Waals surface area contributed by atoms with Crippen LogP contribution in [0.2, 0.25) is 0 Å². The van der Waals surface area contributed by atoms with Crippen LogP contribution in [0, 0.1) is 17.2 Å². The van der Waals surface area contributed by atoms with Gasteiger partial charge in [-0.25, -0.2) is 9.97 Å². The van der Waals surface area contributed by atoms with Crippen molar-refractivity contribution in [3.63, 3.8) is 0 Å². The van der Waals surface area contributed by atoms with Gasteiger partial charge in [-0.15, -0.1) is 0 Å². The number of ether oxygens (including phenoxy) is 1. The van der Waals surface area contributed by atoms with E-state index in [2.05, 4.69) is 14.9 Å². The van der Waals surface area contributed by atoms with Crippen molar-refractivity contribution in [2.45, 2.75) is 31.7 Å². The van der Waals surface area contributed by atoms with Crippen LogP contribution in [0.15, 0.2) is 12.3 Å². The fourth-order valence-electron chi connectivity index (χ4n) is 3.20. The highest BCUT2D eigenvalue weighted by Crippen LogP contribution is 2.32. The molecule has 5 heteroatoms. The first kappa shape index (κ1) is 12.4. The quantitative estimate of drug-likeness (QED) is 0.808. The van der Waals surface area contributed by atoms with E-state index in [-0.39, 0.29) is 5.82 Å². The van der Waals surface area contributed by atoms with Crippen molar-refractivity contribution < 1.29 is 4.74 Å². The summed E-state index contributed by atoms with van der Waals surface area (Å²) in [6, 6.07) is 4.42. The molecule has 1 aromatic heterocycles. The normalized spacial score (nSPS) is 27.2. The number of nitriles is 1. The molecule has 0 saturated carbocycles. The number of aromatic nitrogens is 2. The summed E-state index contributed by atoms with van der Waals surface area (Å²) in [6.07, 6.45) is 6.44. The maximum atomic E-state index is 8.91. The van der Waals surface area contributed by atoms with E-state index in [1.807, 2.05) is 12.1 Å². The fraction of sp³-hybridized carbons (Fsp3) is 0.643. The molecule has 2 aliphatic rings. The minimum absolute atomic E-state index is 0.253. The average Bonchev–Trinajstić information content (AvgIpc) is 2.98. The lowest BCUT2D eigenvalue weighted by Crippen LogP contribution is -2.40. The van der Waals surface area contributed by atoms with Crippen LogP contribution in [0.25, 0.3) is 0 Å². The Morgan fingerprint density at radius 1 is 1.37 bits per heavy atom. The minimum atomic E-state index is 0.253. The van der Waals surface area contributed by atoms with Crippen molar-refractivity contribution in [1.82, 2.24) is 9.97 Å². The van der Waals surface area contributed by atoms with Gasteiger partial charge in [-0.1, -0.05) is 0 Å². The molecule has 0 radical (unpaired) electrons. The summed E-state index contributed by atoms with van der Waals surface area (Å²) in [5.41, 5.74) is 0. The van der Waals surface area contributed by atoms with E-state index in [0.29, 0.717) is 12.0 Å². The summed E-state index contributed by atoms with van der Waals surface area (Å²) in [7, 11) is 0. The number of hydrogen-bond acceptors (Lipinski definition) is 5. The van der Waals surface area contributed by atoms with Crippen LogP contribution in [0.5, 0.6) is 0 Å². The fourth-order valence-corrected chi connectivity index (χ4v) is 3.20. The highest BCUT2D eigenvalue weighted by molar-refractivity contribution is 5.41. The van der Waals surface area contributed by atoms with E-state index in [9.17, 15) is 0 Å². The van der Waals surface area contributed by atoms with Gasteiger partial charge >= 0.3 is 0 Å². The van der Waals surface area contributed by atoms with Gasteiger partial charge in [-0.3, -0.25) is 0 Å². The summed E-state index contributed by atoms with van der Waals surface area (Å²) < 4.78 is 5.61. The van der Waals surface area contributed by atoms with Crippen LogP contribution < -0.4 is 4.90 Å². The second-order valence-electron chi connectivity index (χ2n) is 5.23. The molecule has 2 saturated heterocycles. The average molecular weight is 258 g/mol. The monoisotopic (exact) mass is 258 g/mol. The van der Waals surface area contributed by atoms with Crippen molar-refractivity contribution in [2.75, 3.05) is 24.7 Å². The predicted octanol–water partition coefficient (Wildman–Crippen LogP) is 1.74. The van der Waals surface area contributed by atoms with Crippen LogP contribution in [0.1, 0.15) is 31.5 Å². The molecule has 0 bridgehead atoms. The van der Waals surface area contributed by atoms with Gasteiger partial charge in [0.15, 0.2) is 0 Å². The first-order chi connectivity index (χ1) is 9.38. The Morgan fingerprint density at radius 3 is 3.11 bits per heavy atom. The van der Waals surface area contributed by atoms with E-state index in [1.54, 1.807) is 6.20 Å². The van der Waals surface area contributed by atoms with Crippen molar-refractivity contribution >= 4 is 5.82 Å². The van der Waals surface area contributed by atoms with Crippen molar-refractivity contribution in [3.8, 4) is 6.07 Å². The first-order valence-electron chi connectivity index (χ1n) is 6.96. The van der Waals surface area contributed by atoms with E-state index in [1.165, 1.54) is 19.3 Å².